The van der Waals surface area contributed by atoms with E-state index in [4.69, 9.17) is 0 Å². The summed E-state index contributed by atoms with van der Waals surface area (Å²) in [4.78, 5) is 12.0. The van der Waals surface area contributed by atoms with Gasteiger partial charge in [0.1, 0.15) is 5.82 Å². The molecule has 1 heterocycles. The van der Waals surface area contributed by atoms with Gasteiger partial charge in [-0.25, -0.2) is 9.07 Å². The molecule has 0 spiro atoms. The van der Waals surface area contributed by atoms with E-state index in [2.05, 4.69) is 15.6 Å². The number of carbonyl (C=O) groups is 1. The van der Waals surface area contributed by atoms with Gasteiger partial charge >= 0.3 is 0 Å². The van der Waals surface area contributed by atoms with Crippen molar-refractivity contribution in [1.82, 2.24) is 20.3 Å². The van der Waals surface area contributed by atoms with Gasteiger partial charge in [0.05, 0.1) is 19.3 Å². The number of aliphatic hydroxyl groups is 1. The van der Waals surface area contributed by atoms with Crippen molar-refractivity contribution in [2.24, 2.45) is 5.41 Å². The summed E-state index contributed by atoms with van der Waals surface area (Å²) in [6.07, 6.45) is 3.38. The molecule has 1 aromatic carbocycles. The molecule has 1 aliphatic carbocycles. The predicted octanol–water partition coefficient (Wildman–Crippen LogP) is 0.968. The number of benzene rings is 1. The number of nitrogens with zero attached hydrogens (tertiary/aromatic N) is 3. The topological polar surface area (TPSA) is 80.0 Å². The highest BCUT2D eigenvalue weighted by Crippen LogP contribution is 2.44. The molecule has 0 bridgehead atoms. The normalized spacial score (nSPS) is 15.5. The smallest absolute Gasteiger partial charge is 0.273 e. The molecule has 22 heavy (non-hydrogen) atoms. The summed E-state index contributed by atoms with van der Waals surface area (Å²) >= 11 is 0. The lowest BCUT2D eigenvalue weighted by molar-refractivity contribution is 0.0930. The first kappa shape index (κ1) is 14.6. The van der Waals surface area contributed by atoms with E-state index in [9.17, 15) is 14.3 Å². The lowest BCUT2D eigenvalue weighted by Gasteiger charge is -2.11. The van der Waals surface area contributed by atoms with E-state index in [1.165, 1.54) is 23.0 Å². The first-order valence-corrected chi connectivity index (χ1v) is 7.14. The van der Waals surface area contributed by atoms with Gasteiger partial charge in [-0.15, -0.1) is 5.10 Å². The van der Waals surface area contributed by atoms with E-state index in [0.29, 0.717) is 13.1 Å². The van der Waals surface area contributed by atoms with Gasteiger partial charge in [0.15, 0.2) is 5.69 Å². The monoisotopic (exact) mass is 304 g/mol. The second kappa shape index (κ2) is 5.84. The molecule has 7 heteroatoms. The third-order valence-electron chi connectivity index (χ3n) is 3.92. The Morgan fingerprint density at radius 3 is 2.95 bits per heavy atom. The van der Waals surface area contributed by atoms with Crippen molar-refractivity contribution < 1.29 is 14.3 Å². The highest BCUT2D eigenvalue weighted by molar-refractivity contribution is 5.91. The van der Waals surface area contributed by atoms with E-state index < -0.39 is 0 Å². The average molecular weight is 304 g/mol. The van der Waals surface area contributed by atoms with Crippen molar-refractivity contribution >= 4 is 5.91 Å². The van der Waals surface area contributed by atoms with Crippen LogP contribution in [0.2, 0.25) is 0 Å². The standard InChI is InChI=1S/C15H17FN4O2/c16-12-3-1-2-11(6-12)7-20-8-13(18-19-20)14(22)17-9-15(10-21)4-5-15/h1-3,6,8,21H,4-5,7,9-10H2,(H,17,22). The molecule has 1 fully saturated rings. The van der Waals surface area contributed by atoms with Gasteiger partial charge in [-0.3, -0.25) is 4.79 Å². The van der Waals surface area contributed by atoms with Crippen molar-refractivity contribution in [2.75, 3.05) is 13.2 Å². The Bertz CT molecular complexity index is 682. The molecule has 1 amide bonds. The summed E-state index contributed by atoms with van der Waals surface area (Å²) in [6, 6.07) is 6.19. The minimum absolute atomic E-state index is 0.0829. The van der Waals surface area contributed by atoms with Crippen LogP contribution in [0.25, 0.3) is 0 Å². The molecule has 116 valence electrons. The Hall–Kier alpha value is -2.28. The quantitative estimate of drug-likeness (QED) is 0.833. The van der Waals surface area contributed by atoms with E-state index in [1.807, 2.05) is 0 Å². The molecule has 1 aliphatic rings. The largest absolute Gasteiger partial charge is 0.396 e. The van der Waals surface area contributed by atoms with Crippen molar-refractivity contribution in [3.8, 4) is 0 Å². The number of aliphatic hydroxyl groups excluding tert-OH is 1. The Morgan fingerprint density at radius 1 is 1.45 bits per heavy atom. The maximum Gasteiger partial charge on any atom is 0.273 e. The van der Waals surface area contributed by atoms with Crippen LogP contribution in [0.5, 0.6) is 0 Å². The minimum Gasteiger partial charge on any atom is -0.396 e. The molecule has 0 aliphatic heterocycles. The fourth-order valence-corrected chi connectivity index (χ4v) is 2.23. The molecular weight excluding hydrogens is 287 g/mol. The van der Waals surface area contributed by atoms with Crippen LogP contribution < -0.4 is 5.32 Å². The molecule has 0 radical (unpaired) electrons. The fraction of sp³-hybridized carbons (Fsp3) is 0.400. The maximum absolute atomic E-state index is 13.1. The molecule has 2 N–H and O–H groups in total. The predicted molar refractivity (Wildman–Crippen MR) is 76.6 cm³/mol. The molecule has 3 rings (SSSR count). The van der Waals surface area contributed by atoms with Gasteiger partial charge < -0.3 is 10.4 Å². The van der Waals surface area contributed by atoms with E-state index in [-0.39, 0.29) is 29.4 Å². The number of aromatic nitrogens is 3. The Balaban J connectivity index is 1.59. The molecule has 0 unspecified atom stereocenters. The fourth-order valence-electron chi connectivity index (χ4n) is 2.23. The maximum atomic E-state index is 13.1. The van der Waals surface area contributed by atoms with E-state index >= 15 is 0 Å². The molecule has 0 saturated heterocycles. The van der Waals surface area contributed by atoms with Crippen LogP contribution in [-0.2, 0) is 6.54 Å². The Kier molecular flexibility index (Phi) is 3.89. The molecular formula is C15H17FN4O2. The summed E-state index contributed by atoms with van der Waals surface area (Å²) < 4.78 is 14.6. The lowest BCUT2D eigenvalue weighted by atomic mass is 10.1. The van der Waals surface area contributed by atoms with Crippen LogP contribution in [0, 0.1) is 11.2 Å². The van der Waals surface area contributed by atoms with Gasteiger partial charge in [0, 0.05) is 12.0 Å². The lowest BCUT2D eigenvalue weighted by Crippen LogP contribution is -2.32. The zero-order valence-electron chi connectivity index (χ0n) is 12.0. The molecule has 1 aromatic heterocycles. The zero-order chi connectivity index (χ0) is 15.6. The van der Waals surface area contributed by atoms with Gasteiger partial charge in [0.25, 0.3) is 5.91 Å². The first-order chi connectivity index (χ1) is 10.6. The summed E-state index contributed by atoms with van der Waals surface area (Å²) in [5, 5.41) is 19.7. The highest BCUT2D eigenvalue weighted by atomic mass is 19.1. The van der Waals surface area contributed by atoms with Crippen molar-refractivity contribution in [2.45, 2.75) is 19.4 Å². The van der Waals surface area contributed by atoms with Crippen LogP contribution in [0.1, 0.15) is 28.9 Å². The zero-order valence-corrected chi connectivity index (χ0v) is 12.0. The highest BCUT2D eigenvalue weighted by Gasteiger charge is 2.42. The molecule has 0 atom stereocenters. The second-order valence-corrected chi connectivity index (χ2v) is 5.77. The van der Waals surface area contributed by atoms with Crippen LogP contribution in [0.15, 0.2) is 30.5 Å². The van der Waals surface area contributed by atoms with Crippen molar-refractivity contribution in [3.05, 3.63) is 47.5 Å². The number of hydrogen-bond donors (Lipinski definition) is 2. The third-order valence-corrected chi connectivity index (χ3v) is 3.92. The van der Waals surface area contributed by atoms with Gasteiger partial charge in [-0.2, -0.15) is 0 Å². The summed E-state index contributed by atoms with van der Waals surface area (Å²) in [5.74, 6) is -0.625. The number of amides is 1. The number of hydrogen-bond acceptors (Lipinski definition) is 4. The van der Waals surface area contributed by atoms with Crippen LogP contribution in [-0.4, -0.2) is 39.2 Å². The first-order valence-electron chi connectivity index (χ1n) is 7.14. The van der Waals surface area contributed by atoms with Gasteiger partial charge in [-0.05, 0) is 30.5 Å². The molecule has 6 nitrogen and oxygen atoms in total. The Morgan fingerprint density at radius 2 is 2.27 bits per heavy atom. The number of carbonyl (C=O) groups excluding carboxylic acids is 1. The third kappa shape index (κ3) is 3.30. The average Bonchev–Trinajstić information content (AvgIpc) is 3.15. The van der Waals surface area contributed by atoms with Gasteiger partial charge in [0.2, 0.25) is 0 Å². The number of halogens is 1. The van der Waals surface area contributed by atoms with Crippen molar-refractivity contribution in [3.63, 3.8) is 0 Å². The van der Waals surface area contributed by atoms with E-state index in [0.717, 1.165) is 18.4 Å². The Labute approximate surface area is 127 Å². The number of rotatable bonds is 6. The van der Waals surface area contributed by atoms with Crippen molar-refractivity contribution in [1.29, 1.82) is 0 Å². The van der Waals surface area contributed by atoms with Crippen LogP contribution in [0.4, 0.5) is 4.39 Å². The second-order valence-electron chi connectivity index (χ2n) is 5.77. The molecule has 2 aromatic rings. The SMILES string of the molecule is O=C(NCC1(CO)CC1)c1cn(Cc2cccc(F)c2)nn1. The van der Waals surface area contributed by atoms with Crippen LogP contribution >= 0.6 is 0 Å². The summed E-state index contributed by atoms with van der Waals surface area (Å²) in [5.41, 5.74) is 0.812. The molecule has 1 saturated carbocycles. The van der Waals surface area contributed by atoms with E-state index in [1.54, 1.807) is 12.1 Å². The number of nitrogens with one attached hydrogen (secondary N) is 1. The summed E-state index contributed by atoms with van der Waals surface area (Å²) in [7, 11) is 0. The summed E-state index contributed by atoms with van der Waals surface area (Å²) in [6.45, 7) is 0.872. The minimum atomic E-state index is -0.315. The van der Waals surface area contributed by atoms with Crippen LogP contribution in [0.3, 0.4) is 0 Å². The van der Waals surface area contributed by atoms with Gasteiger partial charge in [-0.1, -0.05) is 17.3 Å².